The van der Waals surface area contributed by atoms with Crippen LogP contribution in [-0.4, -0.2) is 0 Å². The molecule has 0 heterocycles. The van der Waals surface area contributed by atoms with E-state index in [9.17, 15) is 0 Å². The molecule has 0 fully saturated rings. The van der Waals surface area contributed by atoms with Gasteiger partial charge in [-0.2, -0.15) is 0 Å². The van der Waals surface area contributed by atoms with Crippen molar-refractivity contribution in [3.63, 3.8) is 0 Å². The summed E-state index contributed by atoms with van der Waals surface area (Å²) in [5.41, 5.74) is 20.5. The Morgan fingerprint density at radius 1 is 0.183 bits per heavy atom. The van der Waals surface area contributed by atoms with E-state index in [1.807, 2.05) is 178 Å². The molecule has 0 N–H and O–H groups in total. The standard InChI is InChI=1S/3C14H14.3C9H12.12C2H6/c1-2-12-8-6-7-11-14(12)13-9-4-3-5-10-13;1-2-12-7-6-10-14(11-12)13-8-4-3-5-9-13;1-2-12-8-10-14(11-9-12)13-6-4-3-5-7-13;1-3-9-6-4-8(2)5-7-9;1-3-9-6-4-5-8(2)7-9;1-3-9-7-5-4-6-8(9)2;12*1-2/h3*3-11H,2H2,1H3;3*4-7H,3H2,1-2H3;12*1-2H3. The Labute approximate surface area is 583 Å². The van der Waals surface area contributed by atoms with E-state index in [-0.39, 0.29) is 0 Å². The summed E-state index contributed by atoms with van der Waals surface area (Å²) in [6.07, 6.45) is 6.72. The summed E-state index contributed by atoms with van der Waals surface area (Å²) in [4.78, 5) is 0. The molecular formula is C93H150. The van der Waals surface area contributed by atoms with Crippen LogP contribution < -0.4 is 0 Å². The van der Waals surface area contributed by atoms with Crippen molar-refractivity contribution in [3.05, 3.63) is 287 Å². The van der Waals surface area contributed by atoms with Crippen molar-refractivity contribution < 1.29 is 0 Å². The highest BCUT2D eigenvalue weighted by Crippen LogP contribution is 2.24. The van der Waals surface area contributed by atoms with Gasteiger partial charge in [-0.1, -0.05) is 455 Å². The van der Waals surface area contributed by atoms with Gasteiger partial charge >= 0.3 is 0 Å². The van der Waals surface area contributed by atoms with E-state index in [0.29, 0.717) is 0 Å². The molecule has 0 nitrogen and oxygen atoms in total. The molecule has 0 saturated heterocycles. The fourth-order valence-electron chi connectivity index (χ4n) is 7.66. The molecule has 0 unspecified atom stereocenters. The van der Waals surface area contributed by atoms with Crippen LogP contribution in [0.5, 0.6) is 0 Å². The number of hydrogen-bond acceptors (Lipinski definition) is 0. The van der Waals surface area contributed by atoms with Gasteiger partial charge in [0.25, 0.3) is 0 Å². The molecule has 0 bridgehead atoms. The minimum absolute atomic E-state index is 1.09. The predicted octanol–water partition coefficient (Wildman–Crippen LogP) is 31.7. The second-order valence-electron chi connectivity index (χ2n) is 17.2. The lowest BCUT2D eigenvalue weighted by Crippen LogP contribution is -1.85. The SMILES string of the molecule is CC.CC.CC.CC.CC.CC.CC.CC.CC.CC.CC.CC.CCc1ccc(-c2ccccc2)cc1.CCc1ccc(C)cc1.CCc1cccc(-c2ccccc2)c1.CCc1cccc(C)c1.CCc1ccccc1-c1ccccc1.CCc1ccccc1C. The van der Waals surface area contributed by atoms with Crippen molar-refractivity contribution in [2.24, 2.45) is 0 Å². The maximum atomic E-state index is 2.26. The van der Waals surface area contributed by atoms with Crippen LogP contribution in [0, 0.1) is 20.8 Å². The third-order valence-electron chi connectivity index (χ3n) is 12.1. The van der Waals surface area contributed by atoms with Gasteiger partial charge < -0.3 is 0 Å². The fraction of sp³-hybridized carbons (Fsp3) is 0.419. The van der Waals surface area contributed by atoms with Gasteiger partial charge in [-0.3, -0.25) is 0 Å². The Kier molecular flexibility index (Phi) is 98.1. The molecule has 0 aliphatic heterocycles. The molecule has 0 aliphatic rings. The van der Waals surface area contributed by atoms with Gasteiger partial charge in [-0.05, 0) is 132 Å². The maximum absolute atomic E-state index is 2.26. The number of rotatable bonds is 9. The van der Waals surface area contributed by atoms with Crippen molar-refractivity contribution in [3.8, 4) is 33.4 Å². The highest BCUT2D eigenvalue weighted by Gasteiger charge is 2.01. The third-order valence-corrected chi connectivity index (χ3v) is 12.1. The quantitative estimate of drug-likeness (QED) is 0.135. The lowest BCUT2D eigenvalue weighted by atomic mass is 9.98. The highest BCUT2D eigenvalue weighted by atomic mass is 14.1. The van der Waals surface area contributed by atoms with Gasteiger partial charge in [0, 0.05) is 0 Å². The van der Waals surface area contributed by atoms with E-state index in [0.717, 1.165) is 38.5 Å². The maximum Gasteiger partial charge on any atom is -0.0152 e. The van der Waals surface area contributed by atoms with Crippen molar-refractivity contribution in [1.82, 2.24) is 0 Å². The predicted molar refractivity (Wildman–Crippen MR) is 442 cm³/mol. The first-order chi connectivity index (χ1) is 45.7. The van der Waals surface area contributed by atoms with E-state index < -0.39 is 0 Å². The largest absolute Gasteiger partial charge is 0.0683 e. The Bertz CT molecular complexity index is 2710. The average Bonchev–Trinajstić information content (AvgIpc) is 2.64. The van der Waals surface area contributed by atoms with Crippen molar-refractivity contribution >= 4 is 0 Å². The first kappa shape index (κ1) is 105. The van der Waals surface area contributed by atoms with E-state index in [4.69, 9.17) is 0 Å². The Balaban J connectivity index is -0.000000123. The second-order valence-corrected chi connectivity index (χ2v) is 17.2. The highest BCUT2D eigenvalue weighted by molar-refractivity contribution is 5.67. The van der Waals surface area contributed by atoms with Crippen LogP contribution in [0.2, 0.25) is 0 Å². The van der Waals surface area contributed by atoms with Crippen LogP contribution >= 0.6 is 0 Å². The first-order valence-electron chi connectivity index (χ1n) is 37.3. The monoisotopic (exact) mass is 1270 g/mol. The van der Waals surface area contributed by atoms with Crippen LogP contribution in [0.25, 0.3) is 33.4 Å². The molecule has 9 aromatic rings. The topological polar surface area (TPSA) is 0 Å². The van der Waals surface area contributed by atoms with Gasteiger partial charge in [-0.15, -0.1) is 0 Å². The molecule has 9 rings (SSSR count). The Morgan fingerprint density at radius 2 is 0.473 bits per heavy atom. The summed E-state index contributed by atoms with van der Waals surface area (Å²) in [5.74, 6) is 0. The lowest BCUT2D eigenvalue weighted by molar-refractivity contribution is 1.11. The zero-order chi connectivity index (χ0) is 73.5. The average molecular weight is 1270 g/mol. The first-order valence-corrected chi connectivity index (χ1v) is 37.3. The fourth-order valence-corrected chi connectivity index (χ4v) is 7.66. The third kappa shape index (κ3) is 55.2. The summed E-state index contributed by atoms with van der Waals surface area (Å²) in [6, 6.07) is 83.4. The molecule has 0 radical (unpaired) electrons. The Morgan fingerprint density at radius 3 is 0.817 bits per heavy atom. The summed E-state index contributed by atoms with van der Waals surface area (Å²) >= 11 is 0. The zero-order valence-corrected chi connectivity index (χ0v) is 67.3. The molecule has 0 atom stereocenters. The van der Waals surface area contributed by atoms with E-state index in [1.54, 1.807) is 0 Å². The van der Waals surface area contributed by atoms with Gasteiger partial charge in [0.15, 0.2) is 0 Å². The summed E-state index contributed by atoms with van der Waals surface area (Å²) in [7, 11) is 0. The van der Waals surface area contributed by atoms with E-state index in [1.165, 1.54) is 83.5 Å². The number of aryl methyl sites for hydroxylation is 9. The molecule has 9 aromatic carbocycles. The normalized spacial score (nSPS) is 8.10. The number of hydrogen-bond donors (Lipinski definition) is 0. The molecule has 0 saturated carbocycles. The number of benzene rings is 9. The Hall–Kier alpha value is -7.02. The van der Waals surface area contributed by atoms with Gasteiger partial charge in [0.1, 0.15) is 0 Å². The van der Waals surface area contributed by atoms with Crippen LogP contribution in [-0.2, 0) is 38.5 Å². The minimum Gasteiger partial charge on any atom is -0.0683 e. The van der Waals surface area contributed by atoms with Gasteiger partial charge in [0.05, 0.1) is 0 Å². The summed E-state index contributed by atoms with van der Waals surface area (Å²) in [6.45, 7) is 67.5. The molecule has 0 spiro atoms. The molecule has 0 aliphatic carbocycles. The van der Waals surface area contributed by atoms with E-state index >= 15 is 0 Å². The van der Waals surface area contributed by atoms with E-state index in [2.05, 4.69) is 287 Å². The molecule has 0 aromatic heterocycles. The van der Waals surface area contributed by atoms with Crippen molar-refractivity contribution in [2.75, 3.05) is 0 Å². The molecule has 522 valence electrons. The van der Waals surface area contributed by atoms with Crippen LogP contribution in [0.1, 0.15) is 258 Å². The van der Waals surface area contributed by atoms with Gasteiger partial charge in [-0.25, -0.2) is 0 Å². The second kappa shape index (κ2) is 87.0. The molecule has 0 heteroatoms. The summed E-state index contributed by atoms with van der Waals surface area (Å²) in [5, 5.41) is 0. The van der Waals surface area contributed by atoms with Crippen LogP contribution in [0.4, 0.5) is 0 Å². The smallest absolute Gasteiger partial charge is 0.0152 e. The molecular weight excluding hydrogens is 1120 g/mol. The zero-order valence-electron chi connectivity index (χ0n) is 67.3. The van der Waals surface area contributed by atoms with Crippen molar-refractivity contribution in [1.29, 1.82) is 0 Å². The minimum atomic E-state index is 1.09. The molecule has 93 heavy (non-hydrogen) atoms. The van der Waals surface area contributed by atoms with Crippen molar-refractivity contribution in [2.45, 2.75) is 267 Å². The van der Waals surface area contributed by atoms with Crippen LogP contribution in [0.3, 0.4) is 0 Å². The summed E-state index contributed by atoms with van der Waals surface area (Å²) < 4.78 is 0. The van der Waals surface area contributed by atoms with Crippen LogP contribution in [0.15, 0.2) is 237 Å². The lowest BCUT2D eigenvalue weighted by Gasteiger charge is -2.06. The molecule has 0 amide bonds. The van der Waals surface area contributed by atoms with Gasteiger partial charge in [0.2, 0.25) is 0 Å².